The lowest BCUT2D eigenvalue weighted by molar-refractivity contribution is 0.171. The number of hydrogen-bond donors (Lipinski definition) is 2. The third-order valence-corrected chi connectivity index (χ3v) is 4.05. The molecule has 0 heterocycles. The zero-order valence-electron chi connectivity index (χ0n) is 12.1. The molecule has 2 N–H and O–H groups in total. The maximum Gasteiger partial charge on any atom is 0.0914 e. The minimum absolute atomic E-state index is 0.452. The highest BCUT2D eigenvalue weighted by Gasteiger charge is 2.08. The summed E-state index contributed by atoms with van der Waals surface area (Å²) in [5.74, 6) is 0. The largest absolute Gasteiger partial charge is 0.387 e. The van der Waals surface area contributed by atoms with Crippen LogP contribution in [0.3, 0.4) is 0 Å². The van der Waals surface area contributed by atoms with Gasteiger partial charge in [-0.25, -0.2) is 0 Å². The number of aliphatic hydroxyl groups is 1. The number of halogens is 1. The highest BCUT2D eigenvalue weighted by Crippen LogP contribution is 2.17. The van der Waals surface area contributed by atoms with Gasteiger partial charge in [-0.2, -0.15) is 0 Å². The normalized spacial score (nSPS) is 14.6. The van der Waals surface area contributed by atoms with Crippen LogP contribution in [0.15, 0.2) is 28.7 Å². The Balaban J connectivity index is 2.26. The van der Waals surface area contributed by atoms with E-state index >= 15 is 0 Å². The van der Waals surface area contributed by atoms with Crippen molar-refractivity contribution >= 4 is 15.9 Å². The average Bonchev–Trinajstić information content (AvgIpc) is 2.42. The second kappa shape index (κ2) is 8.69. The van der Waals surface area contributed by atoms with Gasteiger partial charge < -0.3 is 15.3 Å². The molecule has 3 nitrogen and oxygen atoms in total. The van der Waals surface area contributed by atoms with Crippen molar-refractivity contribution in [2.24, 2.45) is 0 Å². The standard InChI is InChI=1S/C15H25BrN2O/c1-4-12(2)18(3)9-8-17-11-15(19)13-6-5-7-14(16)10-13/h5-7,10,12,15,17,19H,4,8-9,11H2,1-3H3. The minimum atomic E-state index is -0.452. The first-order valence-corrected chi connectivity index (χ1v) is 7.68. The summed E-state index contributed by atoms with van der Waals surface area (Å²) in [4.78, 5) is 2.33. The zero-order valence-corrected chi connectivity index (χ0v) is 13.7. The van der Waals surface area contributed by atoms with Gasteiger partial charge in [-0.3, -0.25) is 0 Å². The summed E-state index contributed by atoms with van der Waals surface area (Å²) in [5, 5.41) is 13.4. The lowest BCUT2D eigenvalue weighted by Gasteiger charge is -2.23. The van der Waals surface area contributed by atoms with Gasteiger partial charge in [0, 0.05) is 30.1 Å². The number of nitrogens with one attached hydrogen (secondary N) is 1. The van der Waals surface area contributed by atoms with Crippen molar-refractivity contribution in [2.75, 3.05) is 26.7 Å². The van der Waals surface area contributed by atoms with Gasteiger partial charge in [0.25, 0.3) is 0 Å². The molecule has 0 aromatic heterocycles. The van der Waals surface area contributed by atoms with Crippen LogP contribution in [0.1, 0.15) is 31.9 Å². The molecule has 2 atom stereocenters. The topological polar surface area (TPSA) is 35.5 Å². The number of likely N-dealkylation sites (N-methyl/N-ethyl adjacent to an activating group) is 1. The van der Waals surface area contributed by atoms with Crippen molar-refractivity contribution in [3.05, 3.63) is 34.3 Å². The van der Waals surface area contributed by atoms with Crippen molar-refractivity contribution in [1.82, 2.24) is 10.2 Å². The number of rotatable bonds is 8. The van der Waals surface area contributed by atoms with E-state index in [-0.39, 0.29) is 0 Å². The van der Waals surface area contributed by atoms with E-state index in [1.165, 1.54) is 0 Å². The molecule has 1 aromatic carbocycles. The van der Waals surface area contributed by atoms with Gasteiger partial charge in [0.05, 0.1) is 6.10 Å². The van der Waals surface area contributed by atoms with E-state index in [1.54, 1.807) is 0 Å². The van der Waals surface area contributed by atoms with Gasteiger partial charge in [-0.1, -0.05) is 35.0 Å². The molecule has 108 valence electrons. The summed E-state index contributed by atoms with van der Waals surface area (Å²) < 4.78 is 1.00. The van der Waals surface area contributed by atoms with E-state index in [9.17, 15) is 5.11 Å². The molecule has 1 aromatic rings. The molecule has 0 bridgehead atoms. The van der Waals surface area contributed by atoms with E-state index in [4.69, 9.17) is 0 Å². The van der Waals surface area contributed by atoms with Gasteiger partial charge >= 0.3 is 0 Å². The summed E-state index contributed by atoms with van der Waals surface area (Å²) in [5.41, 5.74) is 0.942. The van der Waals surface area contributed by atoms with Gasteiger partial charge in [-0.15, -0.1) is 0 Å². The predicted molar refractivity (Wildman–Crippen MR) is 84.4 cm³/mol. The van der Waals surface area contributed by atoms with Crippen LogP contribution in [0.2, 0.25) is 0 Å². The third-order valence-electron chi connectivity index (χ3n) is 3.56. The first kappa shape index (κ1) is 16.6. The second-order valence-electron chi connectivity index (χ2n) is 5.01. The lowest BCUT2D eigenvalue weighted by atomic mass is 10.1. The Kier molecular flexibility index (Phi) is 7.61. The minimum Gasteiger partial charge on any atom is -0.387 e. The first-order chi connectivity index (χ1) is 9.04. The second-order valence-corrected chi connectivity index (χ2v) is 5.93. The molecule has 0 amide bonds. The van der Waals surface area contributed by atoms with E-state index in [0.29, 0.717) is 12.6 Å². The van der Waals surface area contributed by atoms with Crippen molar-refractivity contribution in [3.8, 4) is 0 Å². The molecule has 0 aliphatic heterocycles. The van der Waals surface area contributed by atoms with Crippen LogP contribution in [-0.2, 0) is 0 Å². The van der Waals surface area contributed by atoms with Gasteiger partial charge in [0.2, 0.25) is 0 Å². The Bertz CT molecular complexity index is 373. The van der Waals surface area contributed by atoms with Gasteiger partial charge in [0.15, 0.2) is 0 Å². The molecule has 2 unspecified atom stereocenters. The molecule has 0 spiro atoms. The molecule has 0 saturated heterocycles. The fourth-order valence-electron chi connectivity index (χ4n) is 1.86. The van der Waals surface area contributed by atoms with Crippen LogP contribution in [0.25, 0.3) is 0 Å². The SMILES string of the molecule is CCC(C)N(C)CCNCC(O)c1cccc(Br)c1. The fourth-order valence-corrected chi connectivity index (χ4v) is 2.27. The Hall–Kier alpha value is -0.420. The number of hydrogen-bond acceptors (Lipinski definition) is 3. The summed E-state index contributed by atoms with van der Waals surface area (Å²) in [6, 6.07) is 8.42. The van der Waals surface area contributed by atoms with Crippen LogP contribution in [0.5, 0.6) is 0 Å². The van der Waals surface area contributed by atoms with Crippen molar-refractivity contribution in [3.63, 3.8) is 0 Å². The molecule has 0 aliphatic carbocycles. The van der Waals surface area contributed by atoms with Crippen molar-refractivity contribution in [1.29, 1.82) is 0 Å². The van der Waals surface area contributed by atoms with Crippen molar-refractivity contribution < 1.29 is 5.11 Å². The third kappa shape index (κ3) is 6.04. The van der Waals surface area contributed by atoms with Crippen LogP contribution < -0.4 is 5.32 Å². The van der Waals surface area contributed by atoms with Crippen LogP contribution in [0.4, 0.5) is 0 Å². The molecule has 1 rings (SSSR count). The van der Waals surface area contributed by atoms with Crippen LogP contribution >= 0.6 is 15.9 Å². The van der Waals surface area contributed by atoms with E-state index in [1.807, 2.05) is 24.3 Å². The molecular weight excluding hydrogens is 304 g/mol. The number of aliphatic hydroxyl groups excluding tert-OH is 1. The Morgan fingerprint density at radius 3 is 2.79 bits per heavy atom. The van der Waals surface area contributed by atoms with Crippen LogP contribution in [0, 0.1) is 0 Å². The maximum absolute atomic E-state index is 10.1. The molecule has 0 fully saturated rings. The lowest BCUT2D eigenvalue weighted by Crippen LogP contribution is -2.36. The zero-order chi connectivity index (χ0) is 14.3. The highest BCUT2D eigenvalue weighted by molar-refractivity contribution is 9.10. The molecule has 0 saturated carbocycles. The van der Waals surface area contributed by atoms with E-state index < -0.39 is 6.10 Å². The Morgan fingerprint density at radius 1 is 1.42 bits per heavy atom. The number of benzene rings is 1. The first-order valence-electron chi connectivity index (χ1n) is 6.89. The molecule has 0 radical (unpaired) electrons. The fraction of sp³-hybridized carbons (Fsp3) is 0.600. The average molecular weight is 329 g/mol. The molecular formula is C15H25BrN2O. The Labute approximate surface area is 125 Å². The van der Waals surface area contributed by atoms with Crippen LogP contribution in [-0.4, -0.2) is 42.7 Å². The predicted octanol–water partition coefficient (Wildman–Crippen LogP) is 2.80. The monoisotopic (exact) mass is 328 g/mol. The summed E-state index contributed by atoms with van der Waals surface area (Å²) in [7, 11) is 2.14. The number of nitrogens with zero attached hydrogens (tertiary/aromatic N) is 1. The van der Waals surface area contributed by atoms with Gasteiger partial charge in [0.1, 0.15) is 0 Å². The Morgan fingerprint density at radius 2 is 2.16 bits per heavy atom. The van der Waals surface area contributed by atoms with Gasteiger partial charge in [-0.05, 0) is 38.1 Å². The summed E-state index contributed by atoms with van der Waals surface area (Å²) >= 11 is 3.42. The maximum atomic E-state index is 10.1. The molecule has 19 heavy (non-hydrogen) atoms. The quantitative estimate of drug-likeness (QED) is 0.720. The summed E-state index contributed by atoms with van der Waals surface area (Å²) in [6.45, 7) is 6.92. The van der Waals surface area contributed by atoms with E-state index in [2.05, 4.69) is 47.0 Å². The smallest absolute Gasteiger partial charge is 0.0914 e. The highest BCUT2D eigenvalue weighted by atomic mass is 79.9. The van der Waals surface area contributed by atoms with Crippen molar-refractivity contribution in [2.45, 2.75) is 32.4 Å². The van der Waals surface area contributed by atoms with E-state index in [0.717, 1.165) is 29.5 Å². The molecule has 4 heteroatoms. The molecule has 0 aliphatic rings. The summed E-state index contributed by atoms with van der Waals surface area (Å²) in [6.07, 6.45) is 0.711.